The SMILES string of the molecule is O=C(NC(F)(F)F)c1cccs1. The van der Waals surface area contributed by atoms with Crippen LogP contribution in [0.5, 0.6) is 0 Å². The van der Waals surface area contributed by atoms with Crippen molar-refractivity contribution in [2.24, 2.45) is 0 Å². The van der Waals surface area contributed by atoms with Gasteiger partial charge >= 0.3 is 6.30 Å². The van der Waals surface area contributed by atoms with Crippen molar-refractivity contribution >= 4 is 17.2 Å². The van der Waals surface area contributed by atoms with E-state index in [1.54, 1.807) is 0 Å². The molecular weight excluding hydrogens is 191 g/mol. The van der Waals surface area contributed by atoms with E-state index in [0.717, 1.165) is 16.7 Å². The van der Waals surface area contributed by atoms with Gasteiger partial charge < -0.3 is 0 Å². The summed E-state index contributed by atoms with van der Waals surface area (Å²) in [7, 11) is 0. The first-order valence-corrected chi connectivity index (χ1v) is 3.80. The zero-order valence-electron chi connectivity index (χ0n) is 5.68. The molecule has 1 aromatic rings. The molecular formula is C6H4F3NOS. The maximum atomic E-state index is 11.6. The quantitative estimate of drug-likeness (QED) is 0.682. The third kappa shape index (κ3) is 2.54. The molecule has 0 saturated heterocycles. The van der Waals surface area contributed by atoms with E-state index in [0.29, 0.717) is 0 Å². The van der Waals surface area contributed by atoms with Crippen LogP contribution in [0.2, 0.25) is 0 Å². The Morgan fingerprint density at radius 2 is 2.17 bits per heavy atom. The van der Waals surface area contributed by atoms with Crippen molar-refractivity contribution in [3.63, 3.8) is 0 Å². The highest BCUT2D eigenvalue weighted by atomic mass is 32.1. The summed E-state index contributed by atoms with van der Waals surface area (Å²) in [6.45, 7) is 0. The molecule has 1 rings (SSSR count). The minimum Gasteiger partial charge on any atom is -0.268 e. The standard InChI is InChI=1S/C6H4F3NOS/c7-6(8,9)10-5(11)4-2-1-3-12-4/h1-3H,(H,10,11). The molecule has 0 spiro atoms. The number of alkyl halides is 3. The third-order valence-corrected chi connectivity index (χ3v) is 1.87. The van der Waals surface area contributed by atoms with Gasteiger partial charge in [-0.2, -0.15) is 13.2 Å². The fraction of sp³-hybridized carbons (Fsp3) is 0.167. The molecule has 0 radical (unpaired) electrons. The normalized spacial score (nSPS) is 11.2. The fourth-order valence-electron chi connectivity index (χ4n) is 0.598. The van der Waals surface area contributed by atoms with Gasteiger partial charge in [-0.1, -0.05) is 6.07 Å². The van der Waals surface area contributed by atoms with Crippen LogP contribution in [-0.4, -0.2) is 12.2 Å². The van der Waals surface area contributed by atoms with Gasteiger partial charge in [0.15, 0.2) is 0 Å². The monoisotopic (exact) mass is 195 g/mol. The van der Waals surface area contributed by atoms with Gasteiger partial charge in [-0.25, -0.2) is 0 Å². The van der Waals surface area contributed by atoms with Crippen LogP contribution >= 0.6 is 11.3 Å². The summed E-state index contributed by atoms with van der Waals surface area (Å²) in [5.41, 5.74) is 0. The summed E-state index contributed by atoms with van der Waals surface area (Å²) in [5.74, 6) is -1.11. The first-order chi connectivity index (χ1) is 5.49. The Morgan fingerprint density at radius 3 is 2.58 bits per heavy atom. The minimum absolute atomic E-state index is 0.0484. The van der Waals surface area contributed by atoms with E-state index in [-0.39, 0.29) is 4.88 Å². The number of hydrogen-bond acceptors (Lipinski definition) is 2. The van der Waals surface area contributed by atoms with E-state index < -0.39 is 12.2 Å². The summed E-state index contributed by atoms with van der Waals surface area (Å²) >= 11 is 0.960. The molecule has 1 aromatic heterocycles. The molecule has 0 atom stereocenters. The van der Waals surface area contributed by atoms with E-state index in [2.05, 4.69) is 0 Å². The van der Waals surface area contributed by atoms with Crippen molar-refractivity contribution in [3.05, 3.63) is 22.4 Å². The number of hydrogen-bond donors (Lipinski definition) is 1. The van der Waals surface area contributed by atoms with Gasteiger partial charge in [-0.05, 0) is 11.4 Å². The molecule has 0 unspecified atom stereocenters. The molecule has 2 nitrogen and oxygen atoms in total. The smallest absolute Gasteiger partial charge is 0.268 e. The second-order valence-electron chi connectivity index (χ2n) is 1.93. The molecule has 0 aliphatic carbocycles. The zero-order valence-corrected chi connectivity index (χ0v) is 6.50. The van der Waals surface area contributed by atoms with Crippen molar-refractivity contribution in [2.45, 2.75) is 6.30 Å². The molecule has 0 aliphatic heterocycles. The molecule has 0 saturated carbocycles. The van der Waals surface area contributed by atoms with Crippen molar-refractivity contribution in [2.75, 3.05) is 0 Å². The van der Waals surface area contributed by atoms with E-state index >= 15 is 0 Å². The number of rotatable bonds is 1. The lowest BCUT2D eigenvalue weighted by atomic mass is 10.4. The van der Waals surface area contributed by atoms with Crippen LogP contribution < -0.4 is 5.32 Å². The maximum Gasteiger partial charge on any atom is 0.484 e. The topological polar surface area (TPSA) is 29.1 Å². The molecule has 0 aromatic carbocycles. The number of carbonyl (C=O) groups is 1. The van der Waals surface area contributed by atoms with Crippen molar-refractivity contribution in [1.29, 1.82) is 0 Å². The Morgan fingerprint density at radius 1 is 1.50 bits per heavy atom. The number of halogens is 3. The minimum atomic E-state index is -4.65. The van der Waals surface area contributed by atoms with E-state index in [1.165, 1.54) is 17.5 Å². The summed E-state index contributed by atoms with van der Waals surface area (Å²) < 4.78 is 34.7. The highest BCUT2D eigenvalue weighted by Crippen LogP contribution is 2.13. The van der Waals surface area contributed by atoms with Crippen LogP contribution in [0.25, 0.3) is 0 Å². The summed E-state index contributed by atoms with van der Waals surface area (Å²) in [6, 6.07) is 2.84. The predicted octanol–water partition coefficient (Wildman–Crippen LogP) is 2.00. The maximum absolute atomic E-state index is 11.6. The largest absolute Gasteiger partial charge is 0.484 e. The van der Waals surface area contributed by atoms with Crippen LogP contribution in [-0.2, 0) is 0 Å². The Kier molecular flexibility index (Phi) is 2.37. The Balaban J connectivity index is 2.63. The number of nitrogens with one attached hydrogen (secondary N) is 1. The van der Waals surface area contributed by atoms with E-state index in [1.807, 2.05) is 0 Å². The molecule has 12 heavy (non-hydrogen) atoms. The van der Waals surface area contributed by atoms with Gasteiger partial charge in [0, 0.05) is 0 Å². The lowest BCUT2D eigenvalue weighted by Gasteiger charge is -2.05. The molecule has 6 heteroatoms. The summed E-state index contributed by atoms with van der Waals surface area (Å²) in [6.07, 6.45) is -4.65. The average Bonchev–Trinajstić information content (AvgIpc) is 2.32. The van der Waals surface area contributed by atoms with Crippen LogP contribution in [0.15, 0.2) is 17.5 Å². The Hall–Kier alpha value is -1.04. The van der Waals surface area contributed by atoms with Gasteiger partial charge in [0.2, 0.25) is 0 Å². The molecule has 0 fully saturated rings. The fourth-order valence-corrected chi connectivity index (χ4v) is 1.22. The first-order valence-electron chi connectivity index (χ1n) is 2.92. The molecule has 0 bridgehead atoms. The number of amides is 1. The van der Waals surface area contributed by atoms with Crippen LogP contribution in [0.3, 0.4) is 0 Å². The van der Waals surface area contributed by atoms with Crippen LogP contribution in [0.4, 0.5) is 13.2 Å². The molecule has 66 valence electrons. The molecule has 0 aliphatic rings. The lowest BCUT2D eigenvalue weighted by molar-refractivity contribution is -0.146. The Labute approximate surface area is 70.0 Å². The molecule has 1 heterocycles. The molecule has 1 N–H and O–H groups in total. The number of carbonyl (C=O) groups excluding carboxylic acids is 1. The number of thiophene rings is 1. The summed E-state index contributed by atoms with van der Waals surface area (Å²) in [5, 5.41) is 2.43. The van der Waals surface area contributed by atoms with Crippen molar-refractivity contribution in [1.82, 2.24) is 5.32 Å². The van der Waals surface area contributed by atoms with Gasteiger partial charge in [0.25, 0.3) is 5.91 Å². The van der Waals surface area contributed by atoms with Crippen molar-refractivity contribution < 1.29 is 18.0 Å². The van der Waals surface area contributed by atoms with Crippen LogP contribution in [0, 0.1) is 0 Å². The van der Waals surface area contributed by atoms with E-state index in [4.69, 9.17) is 0 Å². The summed E-state index contributed by atoms with van der Waals surface area (Å²) in [4.78, 5) is 10.7. The Bertz CT molecular complexity index is 267. The van der Waals surface area contributed by atoms with Gasteiger partial charge in [-0.3, -0.25) is 10.1 Å². The first kappa shape index (κ1) is 9.05. The van der Waals surface area contributed by atoms with Crippen molar-refractivity contribution in [3.8, 4) is 0 Å². The third-order valence-electron chi connectivity index (χ3n) is 1.00. The highest BCUT2D eigenvalue weighted by molar-refractivity contribution is 7.12. The second kappa shape index (κ2) is 3.14. The van der Waals surface area contributed by atoms with Gasteiger partial charge in [0.1, 0.15) is 0 Å². The second-order valence-corrected chi connectivity index (χ2v) is 2.88. The average molecular weight is 195 g/mol. The van der Waals surface area contributed by atoms with Gasteiger partial charge in [0.05, 0.1) is 4.88 Å². The predicted molar refractivity (Wildman–Crippen MR) is 37.8 cm³/mol. The van der Waals surface area contributed by atoms with Gasteiger partial charge in [-0.15, -0.1) is 11.3 Å². The highest BCUT2D eigenvalue weighted by Gasteiger charge is 2.30. The zero-order chi connectivity index (χ0) is 9.19. The molecule has 1 amide bonds. The van der Waals surface area contributed by atoms with Crippen LogP contribution in [0.1, 0.15) is 9.67 Å². The lowest BCUT2D eigenvalue weighted by Crippen LogP contribution is -2.36. The van der Waals surface area contributed by atoms with E-state index in [9.17, 15) is 18.0 Å².